The summed E-state index contributed by atoms with van der Waals surface area (Å²) >= 11 is -0.441. The molecule has 9 heteroatoms. The summed E-state index contributed by atoms with van der Waals surface area (Å²) in [5, 5.41) is 0. The van der Waals surface area contributed by atoms with Crippen molar-refractivity contribution in [3.05, 3.63) is 326 Å². The van der Waals surface area contributed by atoms with Crippen LogP contribution >= 0.6 is 62.4 Å². The summed E-state index contributed by atoms with van der Waals surface area (Å²) in [7, 11) is 18.4. The predicted molar refractivity (Wildman–Crippen MR) is 400 cm³/mol. The molecule has 5 spiro atoms. The van der Waals surface area contributed by atoms with Crippen LogP contribution in [0, 0.1) is 27.7 Å². The first-order valence-corrected chi connectivity index (χ1v) is 51.0. The molecule has 6 aliphatic rings. The van der Waals surface area contributed by atoms with Crippen LogP contribution < -0.4 is 0 Å². The summed E-state index contributed by atoms with van der Waals surface area (Å²) in [5.74, 6) is 0. The van der Waals surface area contributed by atoms with Gasteiger partial charge in [0.25, 0.3) is 0 Å². The normalized spacial score (nSPS) is 25.1. The molecule has 8 aromatic carbocycles. The number of aryl methyl sites for hydroxylation is 4. The quantitative estimate of drug-likeness (QED) is 0.133. The molecule has 2 aliphatic heterocycles. The molecule has 4 aliphatic carbocycles. The van der Waals surface area contributed by atoms with Crippen molar-refractivity contribution in [3.8, 4) is 44.5 Å². The Bertz CT molecular complexity index is 4600. The fourth-order valence-electron chi connectivity index (χ4n) is 21.3. The summed E-state index contributed by atoms with van der Waals surface area (Å²) < 4.78 is -3.60. The van der Waals surface area contributed by atoms with Crippen molar-refractivity contribution in [1.29, 1.82) is 0 Å². The van der Waals surface area contributed by atoms with Crippen molar-refractivity contribution in [3.63, 3.8) is 0 Å². The van der Waals surface area contributed by atoms with Crippen LogP contribution in [-0.2, 0) is 25.9 Å². The van der Waals surface area contributed by atoms with E-state index in [4.69, 9.17) is 0 Å². The van der Waals surface area contributed by atoms with Crippen LogP contribution in [0.3, 0.4) is 0 Å². The molecule has 0 nitrogen and oxygen atoms in total. The average Bonchev–Trinajstić information content (AvgIpc) is 1.52. The second-order valence-electron chi connectivity index (χ2n) is 26.7. The summed E-state index contributed by atoms with van der Waals surface area (Å²) in [5.41, 5.74) is 25.5. The third-order valence-electron chi connectivity index (χ3n) is 23.5. The molecule has 18 rings (SSSR count). The molecular formula is C82H64Cl2S4Si2Zr. The number of hydrogen-bond donors (Lipinski definition) is 0. The minimum absolute atomic E-state index is 0.900. The Balaban J connectivity index is 1.17. The van der Waals surface area contributed by atoms with Gasteiger partial charge in [-0.15, -0.1) is 0 Å². The van der Waals surface area contributed by atoms with Crippen molar-refractivity contribution in [2.75, 3.05) is 0 Å². The van der Waals surface area contributed by atoms with Gasteiger partial charge in [0.05, 0.1) is 0 Å². The molecule has 4 atom stereocenters. The van der Waals surface area contributed by atoms with E-state index in [1.165, 1.54) is 150 Å². The van der Waals surface area contributed by atoms with E-state index in [1.807, 2.05) is 45.3 Å². The SMILES string of the molecule is Cc1ccc(C2=Cc3c(-c4ccccc4)cccc3[C]23[SiH](C)[C]2(C(c4ccc(C)s4)=Cc4c(-c5ccccc5)cccc42)[Zr]32([Cl])([Cl])[C]3(C(c4ccc(C)s4)=Cc4c(-c5ccccc5)cccc43)[SiH](C)[C]23C(c2ccc(C)s2)=Cc2c(-c4ccccc4)cccc23)s1. The van der Waals surface area contributed by atoms with Crippen LogP contribution in [0.15, 0.2) is 243 Å². The molecule has 442 valence electrons. The van der Waals surface area contributed by atoms with E-state index in [9.17, 15) is 17.0 Å². The van der Waals surface area contributed by atoms with Crippen LogP contribution in [0.25, 0.3) is 91.1 Å². The van der Waals surface area contributed by atoms with Crippen LogP contribution in [0.1, 0.15) is 83.5 Å². The maximum absolute atomic E-state index is 12.0. The zero-order chi connectivity index (χ0) is 61.7. The van der Waals surface area contributed by atoms with E-state index in [0.717, 1.165) is 0 Å². The third kappa shape index (κ3) is 6.25. The predicted octanol–water partition coefficient (Wildman–Crippen LogP) is 23.4. The molecule has 0 radical (unpaired) electrons. The molecule has 12 aromatic rings. The van der Waals surface area contributed by atoms with E-state index in [0.29, 0.717) is 0 Å². The minimum atomic E-state index is -8.19. The summed E-state index contributed by atoms with van der Waals surface area (Å²) in [6.45, 7) is 14.8. The number of allylic oxidation sites excluding steroid dienone is 4. The van der Waals surface area contributed by atoms with Gasteiger partial charge in [-0.3, -0.25) is 0 Å². The fourth-order valence-corrected chi connectivity index (χ4v) is 146. The van der Waals surface area contributed by atoms with Crippen LogP contribution in [0.4, 0.5) is 0 Å². The maximum atomic E-state index is 12.0. The van der Waals surface area contributed by atoms with Gasteiger partial charge in [0.15, 0.2) is 0 Å². The van der Waals surface area contributed by atoms with Crippen molar-refractivity contribution in [1.82, 2.24) is 0 Å². The van der Waals surface area contributed by atoms with E-state index < -0.39 is 43.5 Å². The van der Waals surface area contributed by atoms with Gasteiger partial charge in [0.1, 0.15) is 0 Å². The Kier molecular flexibility index (Phi) is 12.2. The molecule has 2 saturated heterocycles. The molecule has 0 N–H and O–H groups in total. The number of fused-ring (bicyclic) bond motifs is 12. The fraction of sp³-hybridized carbons (Fsp3) is 0.122. The van der Waals surface area contributed by atoms with Crippen LogP contribution in [0.2, 0.25) is 13.1 Å². The molecule has 0 saturated carbocycles. The van der Waals surface area contributed by atoms with E-state index in [2.05, 4.69) is 308 Å². The van der Waals surface area contributed by atoms with Gasteiger partial charge >= 0.3 is 564 Å². The molecule has 0 bridgehead atoms. The average molecular weight is 1400 g/mol. The number of benzene rings is 8. The molecule has 4 unspecified atom stereocenters. The molecule has 91 heavy (non-hydrogen) atoms. The first-order valence-electron chi connectivity index (χ1n) is 31.9. The van der Waals surface area contributed by atoms with Gasteiger partial charge < -0.3 is 0 Å². The molecule has 2 fully saturated rings. The van der Waals surface area contributed by atoms with Gasteiger partial charge in [-0.25, -0.2) is 0 Å². The zero-order valence-corrected chi connectivity index (χ0v) is 61.0. The summed E-state index contributed by atoms with van der Waals surface area (Å²) in [6, 6.07) is 93.5. The van der Waals surface area contributed by atoms with Gasteiger partial charge in [-0.1, -0.05) is 0 Å². The van der Waals surface area contributed by atoms with E-state index >= 15 is 0 Å². The molecular weight excluding hydrogens is 1330 g/mol. The summed E-state index contributed by atoms with van der Waals surface area (Å²) in [6.07, 6.45) is 10.8. The van der Waals surface area contributed by atoms with Gasteiger partial charge in [0, 0.05) is 0 Å². The number of hydrogen-bond acceptors (Lipinski definition) is 4. The Hall–Kier alpha value is -6.58. The standard InChI is InChI=1S/2C41H32S2Si.2ClH.Zr/c2*1-26-20-22-38(42-26)36-24-34-30(28-12-6-4-7-13-28)16-10-18-32(34)40(36)44(3)41-33-19-11-17-31(29-14-8-5-9-15-29)35(33)25-37(41)39-23-21-27(2)43-39;;;/h2*4-25,44H,1-3H3;2*1H;/q;;;;+2/p-2. The van der Waals surface area contributed by atoms with Crippen LogP contribution in [-0.4, -0.2) is 17.6 Å². The second kappa shape index (κ2) is 19.5. The topological polar surface area (TPSA) is 0 Å². The van der Waals surface area contributed by atoms with E-state index in [-0.39, 0.29) is 0 Å². The molecule has 4 aromatic heterocycles. The Labute approximate surface area is 558 Å². The van der Waals surface area contributed by atoms with Crippen molar-refractivity contribution in [2.24, 2.45) is 0 Å². The van der Waals surface area contributed by atoms with Crippen molar-refractivity contribution < 1.29 is 14.9 Å². The van der Waals surface area contributed by atoms with Gasteiger partial charge in [-0.05, 0) is 0 Å². The number of halogens is 2. The van der Waals surface area contributed by atoms with Crippen LogP contribution in [0.5, 0.6) is 0 Å². The van der Waals surface area contributed by atoms with Gasteiger partial charge in [0.2, 0.25) is 0 Å². The Morgan fingerprint density at radius 1 is 0.275 bits per heavy atom. The van der Waals surface area contributed by atoms with Gasteiger partial charge in [-0.2, -0.15) is 0 Å². The third-order valence-corrected chi connectivity index (χ3v) is 111. The second-order valence-corrected chi connectivity index (χ2v) is 71.7. The molecule has 0 amide bonds. The number of rotatable bonds is 8. The molecule has 6 heterocycles. The Morgan fingerprint density at radius 3 is 0.692 bits per heavy atom. The monoisotopic (exact) mass is 1390 g/mol. The first-order chi connectivity index (χ1) is 44.2. The van der Waals surface area contributed by atoms with Crippen molar-refractivity contribution in [2.45, 2.75) is 51.8 Å². The Morgan fingerprint density at radius 2 is 0.495 bits per heavy atom. The van der Waals surface area contributed by atoms with E-state index in [1.54, 1.807) is 0 Å². The first kappa shape index (κ1) is 57.1. The number of thiophene rings is 4. The van der Waals surface area contributed by atoms with Crippen molar-refractivity contribution >= 4 is 127 Å². The zero-order valence-electron chi connectivity index (χ0n) is 51.4. The summed E-state index contributed by atoms with van der Waals surface area (Å²) in [4.78, 5) is 10.2.